The van der Waals surface area contributed by atoms with Crippen molar-refractivity contribution in [2.24, 2.45) is 0 Å². The molecule has 0 saturated heterocycles. The molecule has 0 spiro atoms. The predicted molar refractivity (Wildman–Crippen MR) is 82.6 cm³/mol. The van der Waals surface area contributed by atoms with E-state index in [-0.39, 0.29) is 5.82 Å². The number of halogens is 2. The quantitative estimate of drug-likeness (QED) is 0.854. The zero-order valence-corrected chi connectivity index (χ0v) is 12.0. The summed E-state index contributed by atoms with van der Waals surface area (Å²) in [4.78, 5) is 12.3. The van der Waals surface area contributed by atoms with E-state index in [0.29, 0.717) is 22.0 Å². The monoisotopic (exact) mass is 305 g/mol. The molecule has 0 aliphatic rings. The summed E-state index contributed by atoms with van der Waals surface area (Å²) in [6, 6.07) is 11.5. The first-order valence-corrected chi connectivity index (χ1v) is 6.56. The molecule has 0 heterocycles. The number of aliphatic carboxylic acids is 1. The molecule has 5 heteroatoms. The Hall–Kier alpha value is -2.33. The maximum Gasteiger partial charge on any atom is 0.328 e. The van der Waals surface area contributed by atoms with Crippen LogP contribution in [0.25, 0.3) is 6.08 Å². The molecule has 0 atom stereocenters. The fourth-order valence-corrected chi connectivity index (χ4v) is 2.22. The van der Waals surface area contributed by atoms with Gasteiger partial charge in [0.05, 0.1) is 5.69 Å². The third-order valence-electron chi connectivity index (χ3n) is 3.00. The van der Waals surface area contributed by atoms with Gasteiger partial charge in [0.25, 0.3) is 0 Å². The van der Waals surface area contributed by atoms with Gasteiger partial charge in [-0.05, 0) is 30.3 Å². The molecule has 0 unspecified atom stereocenters. The van der Waals surface area contributed by atoms with E-state index in [4.69, 9.17) is 16.7 Å². The molecule has 0 amide bonds. The van der Waals surface area contributed by atoms with Crippen LogP contribution < -0.4 is 4.90 Å². The maximum atomic E-state index is 13.9. The number of carboxylic acids is 1. The van der Waals surface area contributed by atoms with Gasteiger partial charge < -0.3 is 10.0 Å². The largest absolute Gasteiger partial charge is 0.478 e. The van der Waals surface area contributed by atoms with Gasteiger partial charge in [0.15, 0.2) is 0 Å². The van der Waals surface area contributed by atoms with Crippen LogP contribution in [-0.2, 0) is 4.79 Å². The number of anilines is 2. The topological polar surface area (TPSA) is 40.5 Å². The summed E-state index contributed by atoms with van der Waals surface area (Å²) >= 11 is 6.12. The highest BCUT2D eigenvalue weighted by Gasteiger charge is 2.13. The number of nitrogens with zero attached hydrogens (tertiary/aromatic N) is 1. The zero-order valence-electron chi connectivity index (χ0n) is 11.3. The number of para-hydroxylation sites is 1. The van der Waals surface area contributed by atoms with E-state index in [1.807, 2.05) is 0 Å². The van der Waals surface area contributed by atoms with E-state index in [0.717, 1.165) is 6.08 Å². The van der Waals surface area contributed by atoms with Crippen LogP contribution in [0.15, 0.2) is 48.5 Å². The van der Waals surface area contributed by atoms with Crippen molar-refractivity contribution in [1.29, 1.82) is 0 Å². The Kier molecular flexibility index (Phi) is 4.60. The average Bonchev–Trinajstić information content (AvgIpc) is 2.45. The van der Waals surface area contributed by atoms with Gasteiger partial charge in [-0.15, -0.1) is 0 Å². The summed E-state index contributed by atoms with van der Waals surface area (Å²) in [5.41, 5.74) is 1.52. The minimum atomic E-state index is -1.07. The zero-order chi connectivity index (χ0) is 15.4. The Bertz CT molecular complexity index is 700. The van der Waals surface area contributed by atoms with Crippen LogP contribution >= 0.6 is 11.6 Å². The van der Waals surface area contributed by atoms with Crippen LogP contribution in [0.4, 0.5) is 15.8 Å². The van der Waals surface area contributed by atoms with Crippen LogP contribution in [0.3, 0.4) is 0 Å². The van der Waals surface area contributed by atoms with E-state index in [1.54, 1.807) is 48.3 Å². The Balaban J connectivity index is 2.51. The van der Waals surface area contributed by atoms with Crippen molar-refractivity contribution in [3.8, 4) is 0 Å². The summed E-state index contributed by atoms with van der Waals surface area (Å²) < 4.78 is 13.9. The number of hydrogen-bond donors (Lipinski definition) is 1. The van der Waals surface area contributed by atoms with Crippen molar-refractivity contribution < 1.29 is 14.3 Å². The van der Waals surface area contributed by atoms with Crippen molar-refractivity contribution in [2.45, 2.75) is 0 Å². The van der Waals surface area contributed by atoms with Gasteiger partial charge in [0, 0.05) is 29.4 Å². The van der Waals surface area contributed by atoms with Gasteiger partial charge in [-0.25, -0.2) is 9.18 Å². The third kappa shape index (κ3) is 3.41. The second-order valence-corrected chi connectivity index (χ2v) is 4.76. The predicted octanol–water partition coefficient (Wildman–Crippen LogP) is 4.34. The maximum absolute atomic E-state index is 13.9. The molecule has 0 saturated carbocycles. The summed E-state index contributed by atoms with van der Waals surface area (Å²) in [6.07, 6.45) is 2.40. The number of carboxylic acid groups (broad SMARTS) is 1. The number of benzene rings is 2. The van der Waals surface area contributed by atoms with Crippen LogP contribution in [0.2, 0.25) is 5.02 Å². The highest BCUT2D eigenvalue weighted by molar-refractivity contribution is 6.32. The molecule has 3 nitrogen and oxygen atoms in total. The molecule has 0 aliphatic carbocycles. The van der Waals surface area contributed by atoms with Crippen molar-refractivity contribution in [1.82, 2.24) is 0 Å². The first-order chi connectivity index (χ1) is 10.0. The van der Waals surface area contributed by atoms with E-state index in [2.05, 4.69) is 0 Å². The van der Waals surface area contributed by atoms with Gasteiger partial charge in [0.1, 0.15) is 5.82 Å². The summed E-state index contributed by atoms with van der Waals surface area (Å²) in [7, 11) is 1.70. The normalized spacial score (nSPS) is 10.8. The van der Waals surface area contributed by atoms with Crippen LogP contribution in [-0.4, -0.2) is 18.1 Å². The first kappa shape index (κ1) is 15.1. The second kappa shape index (κ2) is 6.41. The highest BCUT2D eigenvalue weighted by atomic mass is 35.5. The lowest BCUT2D eigenvalue weighted by Gasteiger charge is -2.22. The first-order valence-electron chi connectivity index (χ1n) is 6.18. The molecular formula is C16H13ClFNO2. The van der Waals surface area contributed by atoms with Crippen LogP contribution in [0.5, 0.6) is 0 Å². The van der Waals surface area contributed by atoms with Crippen molar-refractivity contribution in [3.05, 3.63) is 64.9 Å². The Morgan fingerprint density at radius 1 is 1.19 bits per heavy atom. The molecule has 0 radical (unpaired) electrons. The molecule has 2 aromatic carbocycles. The minimum Gasteiger partial charge on any atom is -0.478 e. The standard InChI is InChI=1S/C16H13ClFNO2/c1-19(15-7-3-2-6-13(15)18)14-8-4-5-12(17)11(14)9-10-16(20)21/h2-10H,1H3,(H,20,21). The molecule has 21 heavy (non-hydrogen) atoms. The minimum absolute atomic E-state index is 0.367. The van der Waals surface area contributed by atoms with Gasteiger partial charge in [0.2, 0.25) is 0 Å². The van der Waals surface area contributed by atoms with E-state index < -0.39 is 5.97 Å². The number of rotatable bonds is 4. The fraction of sp³-hybridized carbons (Fsp3) is 0.0625. The number of hydrogen-bond acceptors (Lipinski definition) is 2. The molecule has 0 bridgehead atoms. The third-order valence-corrected chi connectivity index (χ3v) is 3.33. The molecule has 0 aliphatic heterocycles. The average molecular weight is 306 g/mol. The van der Waals surface area contributed by atoms with Gasteiger partial charge in [-0.2, -0.15) is 0 Å². The van der Waals surface area contributed by atoms with E-state index >= 15 is 0 Å². The molecule has 0 fully saturated rings. The van der Waals surface area contributed by atoms with E-state index in [9.17, 15) is 9.18 Å². The van der Waals surface area contributed by atoms with Crippen molar-refractivity contribution in [3.63, 3.8) is 0 Å². The summed E-state index contributed by atoms with van der Waals surface area (Å²) in [5, 5.41) is 9.15. The number of carbonyl (C=O) groups is 1. The molecular weight excluding hydrogens is 293 g/mol. The van der Waals surface area contributed by atoms with Gasteiger partial charge in [-0.1, -0.05) is 29.8 Å². The summed E-state index contributed by atoms with van der Waals surface area (Å²) in [5.74, 6) is -1.44. The molecule has 2 rings (SSSR count). The Labute approximate surface area is 126 Å². The van der Waals surface area contributed by atoms with Crippen LogP contribution in [0, 0.1) is 5.82 Å². The van der Waals surface area contributed by atoms with Crippen molar-refractivity contribution >= 4 is 35.0 Å². The van der Waals surface area contributed by atoms with Gasteiger partial charge >= 0.3 is 5.97 Å². The molecule has 2 aromatic rings. The summed E-state index contributed by atoms with van der Waals surface area (Å²) in [6.45, 7) is 0. The second-order valence-electron chi connectivity index (χ2n) is 4.35. The molecule has 108 valence electrons. The van der Waals surface area contributed by atoms with Gasteiger partial charge in [-0.3, -0.25) is 0 Å². The van der Waals surface area contributed by atoms with Crippen LogP contribution in [0.1, 0.15) is 5.56 Å². The Morgan fingerprint density at radius 2 is 1.86 bits per heavy atom. The SMILES string of the molecule is CN(c1ccccc1F)c1cccc(Cl)c1C=CC(=O)O. The van der Waals surface area contributed by atoms with Crippen molar-refractivity contribution in [2.75, 3.05) is 11.9 Å². The molecule has 0 aromatic heterocycles. The lowest BCUT2D eigenvalue weighted by Crippen LogP contribution is -2.12. The fourth-order valence-electron chi connectivity index (χ4n) is 1.99. The molecule has 1 N–H and O–H groups in total. The lowest BCUT2D eigenvalue weighted by atomic mass is 10.1. The lowest BCUT2D eigenvalue weighted by molar-refractivity contribution is -0.131. The van der Waals surface area contributed by atoms with E-state index in [1.165, 1.54) is 12.1 Å². The smallest absolute Gasteiger partial charge is 0.328 e. The highest BCUT2D eigenvalue weighted by Crippen LogP contribution is 2.33. The Morgan fingerprint density at radius 3 is 2.52 bits per heavy atom.